The SMILES string of the molecule is CC(CN)C1CCc2[nH]nc(C3CC3)c21. The number of aromatic nitrogens is 2. The number of nitrogens with one attached hydrogen (secondary N) is 1. The molecule has 3 N–H and O–H groups in total. The van der Waals surface area contributed by atoms with Crippen molar-refractivity contribution in [2.24, 2.45) is 11.7 Å². The summed E-state index contributed by atoms with van der Waals surface area (Å²) in [4.78, 5) is 0. The van der Waals surface area contributed by atoms with Crippen molar-refractivity contribution in [3.05, 3.63) is 17.0 Å². The van der Waals surface area contributed by atoms with Gasteiger partial charge in [0.05, 0.1) is 5.69 Å². The summed E-state index contributed by atoms with van der Waals surface area (Å²) in [7, 11) is 0. The van der Waals surface area contributed by atoms with Gasteiger partial charge in [0.25, 0.3) is 0 Å². The van der Waals surface area contributed by atoms with Crippen LogP contribution in [0.25, 0.3) is 0 Å². The zero-order valence-corrected chi connectivity index (χ0v) is 9.29. The summed E-state index contributed by atoms with van der Waals surface area (Å²) in [6.07, 6.45) is 5.11. The van der Waals surface area contributed by atoms with Crippen LogP contribution in [0.1, 0.15) is 55.0 Å². The van der Waals surface area contributed by atoms with Gasteiger partial charge in [-0.1, -0.05) is 6.92 Å². The predicted molar refractivity (Wildman–Crippen MR) is 59.8 cm³/mol. The van der Waals surface area contributed by atoms with Gasteiger partial charge in [0.1, 0.15) is 0 Å². The minimum atomic E-state index is 0.598. The second-order valence-corrected chi connectivity index (χ2v) is 5.13. The van der Waals surface area contributed by atoms with Crippen molar-refractivity contribution in [1.82, 2.24) is 10.2 Å². The Morgan fingerprint density at radius 1 is 1.47 bits per heavy atom. The van der Waals surface area contributed by atoms with Crippen LogP contribution in [0.15, 0.2) is 0 Å². The average Bonchev–Trinajstić information content (AvgIpc) is 2.87. The molecule has 0 aromatic carbocycles. The second-order valence-electron chi connectivity index (χ2n) is 5.13. The number of hydrogen-bond acceptors (Lipinski definition) is 2. The van der Waals surface area contributed by atoms with Gasteiger partial charge in [-0.3, -0.25) is 5.10 Å². The lowest BCUT2D eigenvalue weighted by atomic mass is 9.88. The van der Waals surface area contributed by atoms with E-state index in [0.29, 0.717) is 11.8 Å². The van der Waals surface area contributed by atoms with Crippen LogP contribution in [0.3, 0.4) is 0 Å². The molecule has 2 atom stereocenters. The third-order valence-corrected chi connectivity index (χ3v) is 4.01. The Labute approximate surface area is 90.4 Å². The van der Waals surface area contributed by atoms with Gasteiger partial charge in [0, 0.05) is 11.6 Å². The highest BCUT2D eigenvalue weighted by Crippen LogP contribution is 2.47. The van der Waals surface area contributed by atoms with E-state index in [9.17, 15) is 0 Å². The van der Waals surface area contributed by atoms with E-state index < -0.39 is 0 Å². The molecule has 2 aliphatic rings. The van der Waals surface area contributed by atoms with Crippen molar-refractivity contribution in [1.29, 1.82) is 0 Å². The van der Waals surface area contributed by atoms with E-state index in [1.807, 2.05) is 0 Å². The first kappa shape index (κ1) is 9.40. The molecule has 0 aliphatic heterocycles. The maximum Gasteiger partial charge on any atom is 0.0690 e. The van der Waals surface area contributed by atoms with Crippen molar-refractivity contribution in [2.75, 3.05) is 6.54 Å². The second kappa shape index (κ2) is 3.34. The molecule has 1 aromatic rings. The van der Waals surface area contributed by atoms with E-state index >= 15 is 0 Å². The van der Waals surface area contributed by atoms with Crippen LogP contribution >= 0.6 is 0 Å². The summed E-state index contributed by atoms with van der Waals surface area (Å²) < 4.78 is 0. The van der Waals surface area contributed by atoms with Crippen LogP contribution in [-0.4, -0.2) is 16.7 Å². The van der Waals surface area contributed by atoms with Crippen LogP contribution in [0, 0.1) is 5.92 Å². The Morgan fingerprint density at radius 3 is 2.93 bits per heavy atom. The van der Waals surface area contributed by atoms with E-state index in [4.69, 9.17) is 5.73 Å². The molecule has 1 aromatic heterocycles. The number of nitrogens with zero attached hydrogens (tertiary/aromatic N) is 1. The maximum atomic E-state index is 5.79. The molecule has 3 nitrogen and oxygen atoms in total. The highest BCUT2D eigenvalue weighted by Gasteiger charge is 2.37. The predicted octanol–water partition coefficient (Wildman–Crippen LogP) is 1.91. The zero-order chi connectivity index (χ0) is 10.4. The quantitative estimate of drug-likeness (QED) is 0.792. The van der Waals surface area contributed by atoms with Gasteiger partial charge in [-0.25, -0.2) is 0 Å². The van der Waals surface area contributed by atoms with Gasteiger partial charge >= 0.3 is 0 Å². The van der Waals surface area contributed by atoms with Gasteiger partial charge < -0.3 is 5.73 Å². The van der Waals surface area contributed by atoms with Crippen molar-refractivity contribution in [3.63, 3.8) is 0 Å². The number of aryl methyl sites for hydroxylation is 1. The van der Waals surface area contributed by atoms with Crippen molar-refractivity contribution in [2.45, 2.75) is 44.4 Å². The Balaban J connectivity index is 1.95. The number of rotatable bonds is 3. The average molecular weight is 205 g/mol. The summed E-state index contributed by atoms with van der Waals surface area (Å²) >= 11 is 0. The lowest BCUT2D eigenvalue weighted by Gasteiger charge is -2.18. The summed E-state index contributed by atoms with van der Waals surface area (Å²) in [5.74, 6) is 2.02. The first-order valence-electron chi connectivity index (χ1n) is 6.08. The standard InChI is InChI=1S/C12H19N3/c1-7(6-13)9-4-5-10-11(9)12(15-14-10)8-2-3-8/h7-9H,2-6,13H2,1H3,(H,14,15). The molecule has 2 aliphatic carbocycles. The first-order chi connectivity index (χ1) is 7.31. The van der Waals surface area contributed by atoms with E-state index in [1.165, 1.54) is 42.6 Å². The molecular weight excluding hydrogens is 186 g/mol. The lowest BCUT2D eigenvalue weighted by molar-refractivity contribution is 0.462. The Hall–Kier alpha value is -0.830. The van der Waals surface area contributed by atoms with Crippen molar-refractivity contribution >= 4 is 0 Å². The molecule has 0 bridgehead atoms. The molecule has 1 saturated carbocycles. The number of hydrogen-bond donors (Lipinski definition) is 2. The highest BCUT2D eigenvalue weighted by atomic mass is 15.1. The number of fused-ring (bicyclic) bond motifs is 1. The van der Waals surface area contributed by atoms with Crippen LogP contribution < -0.4 is 5.73 Å². The monoisotopic (exact) mass is 205 g/mol. The molecule has 3 heteroatoms. The number of nitrogens with two attached hydrogens (primary N) is 1. The molecule has 1 fully saturated rings. The van der Waals surface area contributed by atoms with Crippen LogP contribution in [-0.2, 0) is 6.42 Å². The van der Waals surface area contributed by atoms with Crippen molar-refractivity contribution < 1.29 is 0 Å². The Bertz CT molecular complexity index is 365. The molecule has 0 radical (unpaired) electrons. The van der Waals surface area contributed by atoms with Crippen LogP contribution in [0.2, 0.25) is 0 Å². The maximum absolute atomic E-state index is 5.79. The van der Waals surface area contributed by atoms with Crippen molar-refractivity contribution in [3.8, 4) is 0 Å². The molecule has 82 valence electrons. The molecule has 2 unspecified atom stereocenters. The molecule has 1 heterocycles. The van der Waals surface area contributed by atoms with Gasteiger partial charge in [-0.2, -0.15) is 5.10 Å². The van der Waals surface area contributed by atoms with E-state index in [2.05, 4.69) is 17.1 Å². The minimum Gasteiger partial charge on any atom is -0.330 e. The molecular formula is C12H19N3. The fourth-order valence-electron chi connectivity index (χ4n) is 2.85. The highest BCUT2D eigenvalue weighted by molar-refractivity contribution is 5.38. The Morgan fingerprint density at radius 2 is 2.27 bits per heavy atom. The summed E-state index contributed by atoms with van der Waals surface area (Å²) in [6, 6.07) is 0. The van der Waals surface area contributed by atoms with Crippen LogP contribution in [0.4, 0.5) is 0 Å². The van der Waals surface area contributed by atoms with Gasteiger partial charge in [0.2, 0.25) is 0 Å². The fraction of sp³-hybridized carbons (Fsp3) is 0.750. The molecule has 0 saturated heterocycles. The summed E-state index contributed by atoms with van der Waals surface area (Å²) in [6.45, 7) is 3.06. The van der Waals surface area contributed by atoms with Crippen LogP contribution in [0.5, 0.6) is 0 Å². The number of aromatic amines is 1. The normalized spacial score (nSPS) is 26.7. The van der Waals surface area contributed by atoms with Gasteiger partial charge in [0.15, 0.2) is 0 Å². The third kappa shape index (κ3) is 1.41. The minimum absolute atomic E-state index is 0.598. The molecule has 0 amide bonds. The van der Waals surface area contributed by atoms with Gasteiger partial charge in [-0.05, 0) is 49.6 Å². The third-order valence-electron chi connectivity index (χ3n) is 4.01. The summed E-state index contributed by atoms with van der Waals surface area (Å²) in [5.41, 5.74) is 10.1. The largest absolute Gasteiger partial charge is 0.330 e. The topological polar surface area (TPSA) is 54.7 Å². The molecule has 3 rings (SSSR count). The fourth-order valence-corrected chi connectivity index (χ4v) is 2.85. The zero-order valence-electron chi connectivity index (χ0n) is 9.29. The number of H-pyrrole nitrogens is 1. The van der Waals surface area contributed by atoms with E-state index in [1.54, 1.807) is 0 Å². The lowest BCUT2D eigenvalue weighted by Crippen LogP contribution is -2.18. The van der Waals surface area contributed by atoms with E-state index in [0.717, 1.165) is 12.5 Å². The molecule has 15 heavy (non-hydrogen) atoms. The first-order valence-corrected chi connectivity index (χ1v) is 6.08. The summed E-state index contributed by atoms with van der Waals surface area (Å²) in [5, 5.41) is 7.73. The molecule has 0 spiro atoms. The van der Waals surface area contributed by atoms with Gasteiger partial charge in [-0.15, -0.1) is 0 Å². The Kier molecular flexibility index (Phi) is 2.09. The smallest absolute Gasteiger partial charge is 0.0690 e. The van der Waals surface area contributed by atoms with E-state index in [-0.39, 0.29) is 0 Å².